The summed E-state index contributed by atoms with van der Waals surface area (Å²) in [5.41, 5.74) is -0.315. The maximum Gasteiger partial charge on any atom is 0.267 e. The molecule has 2 aromatic rings. The second-order valence-corrected chi connectivity index (χ2v) is 4.80. The lowest BCUT2D eigenvalue weighted by molar-refractivity contribution is -0.124. The Hall–Kier alpha value is -2.83. The summed E-state index contributed by atoms with van der Waals surface area (Å²) in [5, 5.41) is 6.60. The van der Waals surface area contributed by atoms with Crippen molar-refractivity contribution in [1.29, 1.82) is 0 Å². The third-order valence-electron chi connectivity index (χ3n) is 3.22. The zero-order valence-corrected chi connectivity index (χ0v) is 13.1. The van der Waals surface area contributed by atoms with E-state index in [1.807, 2.05) is 0 Å². The van der Waals surface area contributed by atoms with Gasteiger partial charge in [0.05, 0.1) is 13.7 Å². The van der Waals surface area contributed by atoms with Crippen molar-refractivity contribution in [1.82, 2.24) is 15.1 Å². The lowest BCUT2D eigenvalue weighted by Crippen LogP contribution is -2.38. The lowest BCUT2D eigenvalue weighted by Gasteiger charge is -2.14. The molecule has 0 aliphatic carbocycles. The Morgan fingerprint density at radius 2 is 1.96 bits per heavy atom. The fourth-order valence-corrected chi connectivity index (χ4v) is 1.93. The van der Waals surface area contributed by atoms with E-state index in [0.29, 0.717) is 18.9 Å². The topological polar surface area (TPSA) is 82.4 Å². The third-order valence-corrected chi connectivity index (χ3v) is 3.22. The summed E-state index contributed by atoms with van der Waals surface area (Å²) in [6, 6.07) is 9.39. The van der Waals surface area contributed by atoms with Gasteiger partial charge in [-0.05, 0) is 37.3 Å². The van der Waals surface area contributed by atoms with Crippen molar-refractivity contribution in [3.05, 3.63) is 52.9 Å². The largest absolute Gasteiger partial charge is 0.497 e. The van der Waals surface area contributed by atoms with Crippen molar-refractivity contribution >= 4 is 5.91 Å². The Morgan fingerprint density at radius 1 is 1.26 bits per heavy atom. The van der Waals surface area contributed by atoms with Crippen LogP contribution < -0.4 is 20.3 Å². The first-order chi connectivity index (χ1) is 11.1. The Morgan fingerprint density at radius 3 is 2.61 bits per heavy atom. The molecule has 1 atom stereocenters. The van der Waals surface area contributed by atoms with E-state index in [1.54, 1.807) is 38.3 Å². The maximum atomic E-state index is 12.0. The summed E-state index contributed by atoms with van der Waals surface area (Å²) in [7, 11) is 1.60. The number of benzene rings is 1. The molecular weight excluding hydrogens is 298 g/mol. The van der Waals surface area contributed by atoms with Crippen LogP contribution in [0.1, 0.15) is 13.0 Å². The van der Waals surface area contributed by atoms with Gasteiger partial charge in [-0.25, -0.2) is 4.68 Å². The Balaban J connectivity index is 1.78. The molecule has 1 aromatic carbocycles. The van der Waals surface area contributed by atoms with E-state index in [0.717, 1.165) is 10.4 Å². The van der Waals surface area contributed by atoms with Gasteiger partial charge in [0.15, 0.2) is 0 Å². The number of hydrogen-bond donors (Lipinski definition) is 1. The van der Waals surface area contributed by atoms with Gasteiger partial charge in [0.1, 0.15) is 24.1 Å². The molecule has 1 N–H and O–H groups in total. The van der Waals surface area contributed by atoms with E-state index in [1.165, 1.54) is 18.3 Å². The van der Waals surface area contributed by atoms with Crippen LogP contribution >= 0.6 is 0 Å². The van der Waals surface area contributed by atoms with Gasteiger partial charge in [0.25, 0.3) is 5.56 Å². The van der Waals surface area contributed by atoms with Crippen LogP contribution in [-0.4, -0.2) is 35.9 Å². The summed E-state index contributed by atoms with van der Waals surface area (Å²) in [6.07, 6.45) is 1.47. The second kappa shape index (κ2) is 7.98. The monoisotopic (exact) mass is 317 g/mol. The fourth-order valence-electron chi connectivity index (χ4n) is 1.93. The van der Waals surface area contributed by atoms with E-state index >= 15 is 0 Å². The number of carbonyl (C=O) groups excluding carboxylic acids is 1. The number of hydrogen-bond acceptors (Lipinski definition) is 5. The molecule has 7 heteroatoms. The van der Waals surface area contributed by atoms with Crippen LogP contribution in [0.4, 0.5) is 0 Å². The Bertz CT molecular complexity index is 697. The van der Waals surface area contributed by atoms with E-state index in [9.17, 15) is 9.59 Å². The zero-order chi connectivity index (χ0) is 16.7. The fraction of sp³-hybridized carbons (Fsp3) is 0.312. The summed E-state index contributed by atoms with van der Waals surface area (Å²) in [6.45, 7) is 2.27. The quantitative estimate of drug-likeness (QED) is 0.771. The third kappa shape index (κ3) is 4.57. The predicted molar refractivity (Wildman–Crippen MR) is 84.7 cm³/mol. The number of ether oxygens (including phenoxy) is 2. The minimum Gasteiger partial charge on any atom is -0.497 e. The molecule has 1 heterocycles. The number of aromatic nitrogens is 2. The van der Waals surface area contributed by atoms with Gasteiger partial charge < -0.3 is 14.8 Å². The van der Waals surface area contributed by atoms with Gasteiger partial charge in [-0.3, -0.25) is 9.59 Å². The second-order valence-electron chi connectivity index (χ2n) is 4.80. The molecule has 122 valence electrons. The van der Waals surface area contributed by atoms with Gasteiger partial charge in [-0.1, -0.05) is 0 Å². The molecule has 23 heavy (non-hydrogen) atoms. The minimum atomic E-state index is -0.676. The Kier molecular flexibility index (Phi) is 5.74. The highest BCUT2D eigenvalue weighted by atomic mass is 16.5. The van der Waals surface area contributed by atoms with Crippen LogP contribution in [-0.2, 0) is 4.79 Å². The smallest absolute Gasteiger partial charge is 0.267 e. The van der Waals surface area contributed by atoms with Crippen LogP contribution in [0.25, 0.3) is 0 Å². The number of nitrogens with zero attached hydrogens (tertiary/aromatic N) is 2. The molecule has 0 saturated heterocycles. The average Bonchev–Trinajstić information content (AvgIpc) is 2.59. The first-order valence-electron chi connectivity index (χ1n) is 7.20. The first-order valence-corrected chi connectivity index (χ1v) is 7.20. The number of rotatable bonds is 7. The number of carbonyl (C=O) groups is 1. The molecular formula is C16H19N3O4. The number of amides is 1. The molecule has 0 aliphatic rings. The van der Waals surface area contributed by atoms with Crippen molar-refractivity contribution in [3.63, 3.8) is 0 Å². The number of methoxy groups -OCH3 is 1. The van der Waals surface area contributed by atoms with Crippen molar-refractivity contribution in [2.24, 2.45) is 0 Å². The van der Waals surface area contributed by atoms with Crippen LogP contribution in [0.5, 0.6) is 11.5 Å². The van der Waals surface area contributed by atoms with Crippen molar-refractivity contribution in [3.8, 4) is 11.5 Å². The van der Waals surface area contributed by atoms with Crippen LogP contribution in [0.15, 0.2) is 47.4 Å². The molecule has 1 aromatic heterocycles. The highest BCUT2D eigenvalue weighted by molar-refractivity contribution is 5.79. The Labute approximate surface area is 133 Å². The van der Waals surface area contributed by atoms with Gasteiger partial charge in [-0.2, -0.15) is 5.10 Å². The molecule has 0 fully saturated rings. The van der Waals surface area contributed by atoms with Gasteiger partial charge in [-0.15, -0.1) is 0 Å². The van der Waals surface area contributed by atoms with Crippen LogP contribution in [0.2, 0.25) is 0 Å². The maximum absolute atomic E-state index is 12.0. The summed E-state index contributed by atoms with van der Waals surface area (Å²) in [5.74, 6) is 1.15. The zero-order valence-electron chi connectivity index (χ0n) is 13.1. The molecule has 2 rings (SSSR count). The van der Waals surface area contributed by atoms with E-state index in [-0.39, 0.29) is 11.5 Å². The lowest BCUT2D eigenvalue weighted by atomic mass is 10.3. The van der Waals surface area contributed by atoms with Crippen molar-refractivity contribution < 1.29 is 14.3 Å². The molecule has 0 saturated carbocycles. The summed E-state index contributed by atoms with van der Waals surface area (Å²) < 4.78 is 11.7. The van der Waals surface area contributed by atoms with Crippen LogP contribution in [0, 0.1) is 0 Å². The normalized spacial score (nSPS) is 11.6. The minimum absolute atomic E-state index is 0.288. The molecule has 0 spiro atoms. The standard InChI is InChI=1S/C16H19N3O4/c1-12(19-15(20)4-3-9-18-19)16(21)17-10-11-23-14-7-5-13(22-2)6-8-14/h3-9,12H,10-11H2,1-2H3,(H,17,21). The molecule has 0 bridgehead atoms. The summed E-state index contributed by atoms with van der Waals surface area (Å²) in [4.78, 5) is 23.6. The first kappa shape index (κ1) is 16.5. The molecule has 1 unspecified atom stereocenters. The highest BCUT2D eigenvalue weighted by Gasteiger charge is 2.16. The van der Waals surface area contributed by atoms with Crippen molar-refractivity contribution in [2.45, 2.75) is 13.0 Å². The van der Waals surface area contributed by atoms with Crippen molar-refractivity contribution in [2.75, 3.05) is 20.3 Å². The summed E-state index contributed by atoms with van der Waals surface area (Å²) >= 11 is 0. The van der Waals surface area contributed by atoms with E-state index in [4.69, 9.17) is 9.47 Å². The molecule has 7 nitrogen and oxygen atoms in total. The molecule has 0 radical (unpaired) electrons. The van der Waals surface area contributed by atoms with E-state index in [2.05, 4.69) is 10.4 Å². The SMILES string of the molecule is COc1ccc(OCCNC(=O)C(C)n2ncccc2=O)cc1. The average molecular weight is 317 g/mol. The van der Waals surface area contributed by atoms with Gasteiger partial charge >= 0.3 is 0 Å². The number of nitrogens with one attached hydrogen (secondary N) is 1. The highest BCUT2D eigenvalue weighted by Crippen LogP contribution is 2.16. The van der Waals surface area contributed by atoms with Gasteiger partial charge in [0.2, 0.25) is 5.91 Å². The molecule has 0 aliphatic heterocycles. The predicted octanol–water partition coefficient (Wildman–Crippen LogP) is 1.01. The van der Waals surface area contributed by atoms with Gasteiger partial charge in [0, 0.05) is 12.3 Å². The van der Waals surface area contributed by atoms with Crippen LogP contribution in [0.3, 0.4) is 0 Å². The molecule has 1 amide bonds. The van der Waals surface area contributed by atoms with E-state index < -0.39 is 6.04 Å².